The smallest absolute Gasteiger partial charge is 0.396 e. The zero-order chi connectivity index (χ0) is 26.8. The number of halogens is 6. The first kappa shape index (κ1) is 27.0. The van der Waals surface area contributed by atoms with Crippen LogP contribution >= 0.6 is 0 Å². The maximum absolute atomic E-state index is 13.1. The zero-order valence-electron chi connectivity index (χ0n) is 19.5. The highest BCUT2D eigenvalue weighted by Crippen LogP contribution is 2.36. The van der Waals surface area contributed by atoms with Gasteiger partial charge in [0.1, 0.15) is 0 Å². The molecule has 0 radical (unpaired) electrons. The van der Waals surface area contributed by atoms with Gasteiger partial charge in [-0.2, -0.15) is 26.3 Å². The molecule has 0 aliphatic heterocycles. The number of nitrogens with zero attached hydrogens (tertiary/aromatic N) is 2. The standard InChI is InChI=1S/C26H25F6N3O2/c27-25(28,29)17-6-4-15(5-7-17)13-34-22-12-23(37)21(14-36)20(22)11-19-8-9-33-24(35-19)16-2-1-3-18(10-16)26(30,31)32/h1-10,20-23,34,36-37H,11-14H2/t20-,21-,22-,23-/m1/s1. The Hall–Kier alpha value is -3.02. The molecule has 5 nitrogen and oxygen atoms in total. The van der Waals surface area contributed by atoms with Gasteiger partial charge in [-0.15, -0.1) is 0 Å². The fourth-order valence-corrected chi connectivity index (χ4v) is 4.76. The molecule has 4 rings (SSSR count). The molecule has 1 fully saturated rings. The molecule has 198 valence electrons. The highest BCUT2D eigenvalue weighted by molar-refractivity contribution is 5.56. The van der Waals surface area contributed by atoms with E-state index in [-0.39, 0.29) is 36.5 Å². The van der Waals surface area contributed by atoms with Crippen molar-refractivity contribution < 1.29 is 36.6 Å². The summed E-state index contributed by atoms with van der Waals surface area (Å²) in [6.45, 7) is -0.0285. The summed E-state index contributed by atoms with van der Waals surface area (Å²) in [5.41, 5.74) is -0.195. The number of nitrogens with one attached hydrogen (secondary N) is 1. The summed E-state index contributed by atoms with van der Waals surface area (Å²) in [4.78, 5) is 8.54. The van der Waals surface area contributed by atoms with Crippen molar-refractivity contribution in [3.63, 3.8) is 0 Å². The minimum atomic E-state index is -4.51. The molecule has 0 saturated heterocycles. The quantitative estimate of drug-likeness (QED) is 0.384. The van der Waals surface area contributed by atoms with Crippen LogP contribution in [0.15, 0.2) is 60.8 Å². The van der Waals surface area contributed by atoms with Gasteiger partial charge in [-0.1, -0.05) is 24.3 Å². The zero-order valence-corrected chi connectivity index (χ0v) is 19.5. The van der Waals surface area contributed by atoms with Crippen LogP contribution < -0.4 is 5.32 Å². The molecule has 3 aromatic rings. The van der Waals surface area contributed by atoms with E-state index in [0.717, 1.165) is 24.3 Å². The first-order chi connectivity index (χ1) is 17.5. The van der Waals surface area contributed by atoms with E-state index in [9.17, 15) is 36.6 Å². The molecule has 0 amide bonds. The van der Waals surface area contributed by atoms with E-state index < -0.39 is 35.5 Å². The Morgan fingerprint density at radius 1 is 0.892 bits per heavy atom. The minimum Gasteiger partial charge on any atom is -0.396 e. The van der Waals surface area contributed by atoms with Crippen LogP contribution in [0.4, 0.5) is 26.3 Å². The second kappa shape index (κ2) is 10.8. The second-order valence-electron chi connectivity index (χ2n) is 9.15. The van der Waals surface area contributed by atoms with Gasteiger partial charge in [-0.25, -0.2) is 9.97 Å². The van der Waals surface area contributed by atoms with Gasteiger partial charge in [0.25, 0.3) is 0 Å². The maximum atomic E-state index is 13.1. The summed E-state index contributed by atoms with van der Waals surface area (Å²) in [5.74, 6) is -0.632. The van der Waals surface area contributed by atoms with Crippen LogP contribution in [0.3, 0.4) is 0 Å². The third-order valence-corrected chi connectivity index (χ3v) is 6.72. The number of rotatable bonds is 7. The Kier molecular flexibility index (Phi) is 7.86. The predicted molar refractivity (Wildman–Crippen MR) is 123 cm³/mol. The average molecular weight is 525 g/mol. The van der Waals surface area contributed by atoms with Gasteiger partial charge in [0.05, 0.1) is 17.2 Å². The summed E-state index contributed by atoms with van der Waals surface area (Å²) in [5, 5.41) is 23.7. The van der Waals surface area contributed by atoms with Gasteiger partial charge in [0.2, 0.25) is 0 Å². The summed E-state index contributed by atoms with van der Waals surface area (Å²) >= 11 is 0. The van der Waals surface area contributed by atoms with Gasteiger partial charge >= 0.3 is 12.4 Å². The Balaban J connectivity index is 1.50. The molecule has 37 heavy (non-hydrogen) atoms. The van der Waals surface area contributed by atoms with Crippen LogP contribution in [0.2, 0.25) is 0 Å². The molecular formula is C26H25F6N3O2. The largest absolute Gasteiger partial charge is 0.416 e. The molecule has 3 N–H and O–H groups in total. The molecule has 1 aliphatic rings. The van der Waals surface area contributed by atoms with E-state index in [0.29, 0.717) is 24.1 Å². The van der Waals surface area contributed by atoms with Gasteiger partial charge in [0.15, 0.2) is 5.82 Å². The van der Waals surface area contributed by atoms with Crippen molar-refractivity contribution in [2.75, 3.05) is 6.61 Å². The fraction of sp³-hybridized carbons (Fsp3) is 0.385. The third-order valence-electron chi connectivity index (χ3n) is 6.72. The van der Waals surface area contributed by atoms with Crippen molar-refractivity contribution >= 4 is 0 Å². The molecular weight excluding hydrogens is 500 g/mol. The van der Waals surface area contributed by atoms with Gasteiger partial charge < -0.3 is 15.5 Å². The second-order valence-corrected chi connectivity index (χ2v) is 9.15. The lowest BCUT2D eigenvalue weighted by atomic mass is 9.88. The minimum absolute atomic E-state index is 0.122. The average Bonchev–Trinajstić information content (AvgIpc) is 3.15. The van der Waals surface area contributed by atoms with Gasteiger partial charge in [-0.05, 0) is 54.7 Å². The first-order valence-corrected chi connectivity index (χ1v) is 11.6. The van der Waals surface area contributed by atoms with Crippen LogP contribution in [-0.4, -0.2) is 38.9 Å². The Morgan fingerprint density at radius 2 is 1.59 bits per heavy atom. The van der Waals surface area contributed by atoms with Crippen molar-refractivity contribution in [3.8, 4) is 11.4 Å². The van der Waals surface area contributed by atoms with E-state index in [2.05, 4.69) is 15.3 Å². The van der Waals surface area contributed by atoms with E-state index in [1.165, 1.54) is 30.5 Å². The normalized spacial score (nSPS) is 22.4. The number of benzene rings is 2. The molecule has 1 aromatic heterocycles. The molecule has 1 saturated carbocycles. The van der Waals surface area contributed by atoms with Crippen molar-refractivity contribution in [3.05, 3.63) is 83.2 Å². The molecule has 0 bridgehead atoms. The number of aliphatic hydroxyl groups is 2. The third kappa shape index (κ3) is 6.46. The van der Waals surface area contributed by atoms with Crippen LogP contribution in [0.25, 0.3) is 11.4 Å². The molecule has 4 atom stereocenters. The molecule has 1 heterocycles. The van der Waals surface area contributed by atoms with Crippen LogP contribution in [0.1, 0.15) is 28.8 Å². The summed E-state index contributed by atoms with van der Waals surface area (Å²) in [7, 11) is 0. The Labute approximate surface area is 209 Å². The van der Waals surface area contributed by atoms with Gasteiger partial charge in [0, 0.05) is 42.6 Å². The van der Waals surface area contributed by atoms with Crippen molar-refractivity contribution in [1.82, 2.24) is 15.3 Å². The number of aromatic nitrogens is 2. The van der Waals surface area contributed by atoms with Gasteiger partial charge in [-0.3, -0.25) is 0 Å². The highest BCUT2D eigenvalue weighted by Gasteiger charge is 2.42. The number of alkyl halides is 6. The lowest BCUT2D eigenvalue weighted by Gasteiger charge is -2.25. The maximum Gasteiger partial charge on any atom is 0.416 e. The summed E-state index contributed by atoms with van der Waals surface area (Å²) in [6, 6.07) is 10.8. The summed E-state index contributed by atoms with van der Waals surface area (Å²) in [6.07, 6.45) is -7.66. The predicted octanol–water partition coefficient (Wildman–Crippen LogP) is 4.87. The fourth-order valence-electron chi connectivity index (χ4n) is 4.76. The Bertz CT molecular complexity index is 1200. The number of aliphatic hydroxyl groups excluding tert-OH is 2. The SMILES string of the molecule is OC[C@@H]1[C@@H](Cc2ccnc(-c3cccc(C(F)(F)F)c3)n2)[C@H](NCc2ccc(C(F)(F)F)cc2)C[C@H]1O. The molecule has 11 heteroatoms. The van der Waals surface area contributed by atoms with Crippen LogP contribution in [0.5, 0.6) is 0 Å². The van der Waals surface area contributed by atoms with Crippen LogP contribution in [-0.2, 0) is 25.3 Å². The van der Waals surface area contributed by atoms with Crippen molar-refractivity contribution in [2.24, 2.45) is 11.8 Å². The summed E-state index contributed by atoms with van der Waals surface area (Å²) < 4.78 is 77.8. The number of hydrogen-bond acceptors (Lipinski definition) is 5. The highest BCUT2D eigenvalue weighted by atomic mass is 19.4. The Morgan fingerprint density at radius 3 is 2.24 bits per heavy atom. The van der Waals surface area contributed by atoms with Crippen LogP contribution in [0, 0.1) is 11.8 Å². The van der Waals surface area contributed by atoms with E-state index in [1.54, 1.807) is 6.07 Å². The lowest BCUT2D eigenvalue weighted by molar-refractivity contribution is -0.138. The van der Waals surface area contributed by atoms with E-state index in [4.69, 9.17) is 0 Å². The molecule has 1 aliphatic carbocycles. The van der Waals surface area contributed by atoms with E-state index >= 15 is 0 Å². The molecule has 0 unspecified atom stereocenters. The monoisotopic (exact) mass is 525 g/mol. The molecule has 0 spiro atoms. The van der Waals surface area contributed by atoms with Crippen molar-refractivity contribution in [1.29, 1.82) is 0 Å². The topological polar surface area (TPSA) is 78.3 Å². The van der Waals surface area contributed by atoms with E-state index in [1.807, 2.05) is 0 Å². The van der Waals surface area contributed by atoms with Crippen molar-refractivity contribution in [2.45, 2.75) is 43.9 Å². The first-order valence-electron chi connectivity index (χ1n) is 11.6. The molecule has 2 aromatic carbocycles. The lowest BCUT2D eigenvalue weighted by Crippen LogP contribution is -2.36. The number of hydrogen-bond donors (Lipinski definition) is 3.